The van der Waals surface area contributed by atoms with Gasteiger partial charge in [0.15, 0.2) is 0 Å². The van der Waals surface area contributed by atoms with Crippen LogP contribution in [0.1, 0.15) is 47.9 Å². The Kier molecular flexibility index (Phi) is 16.9. The minimum atomic E-state index is -1.32. The van der Waals surface area contributed by atoms with Crippen LogP contribution >= 0.6 is 15.8 Å². The molecule has 0 fully saturated rings. The Morgan fingerprint density at radius 3 is 0.564 bits per heavy atom. The van der Waals surface area contributed by atoms with Crippen molar-refractivity contribution in [3.05, 3.63) is 362 Å². The molecule has 0 atom stereocenters. The van der Waals surface area contributed by atoms with Gasteiger partial charge in [-0.15, -0.1) is 0 Å². The molecule has 0 bridgehead atoms. The molecule has 94 heavy (non-hydrogen) atoms. The Morgan fingerprint density at radius 1 is 0.170 bits per heavy atom. The van der Waals surface area contributed by atoms with E-state index in [1.54, 1.807) is 11.1 Å². The summed E-state index contributed by atoms with van der Waals surface area (Å²) in [5, 5.41) is 8.25. The maximum atomic E-state index is 2.64. The largest absolute Gasteiger partial charge is 0.0622 e. The quantitative estimate of drug-likeness (QED) is 0.0898. The first kappa shape index (κ1) is 59.0. The lowest BCUT2D eigenvalue weighted by Crippen LogP contribution is -2.29. The minimum Gasteiger partial charge on any atom is -0.0622 e. The normalized spacial score (nSPS) is 12.7. The van der Waals surface area contributed by atoms with Gasteiger partial charge in [0, 0.05) is 0 Å². The van der Waals surface area contributed by atoms with Crippen molar-refractivity contribution in [3.8, 4) is 100 Å². The van der Waals surface area contributed by atoms with Crippen LogP contribution in [0.5, 0.6) is 0 Å². The zero-order valence-electron chi connectivity index (χ0n) is 52.9. The van der Waals surface area contributed by atoms with Crippen LogP contribution in [0.25, 0.3) is 100 Å². The zero-order valence-corrected chi connectivity index (χ0v) is 54.7. The first-order chi connectivity index (χ1) is 46.6. The Morgan fingerprint density at radius 2 is 0.362 bits per heavy atom. The van der Waals surface area contributed by atoms with Crippen molar-refractivity contribution in [2.45, 2.75) is 51.4 Å². The van der Waals surface area contributed by atoms with Gasteiger partial charge in [-0.05, 0) is 294 Å². The van der Waals surface area contributed by atoms with E-state index in [0.717, 1.165) is 38.5 Å². The maximum Gasteiger partial charge on any atom is -0.00559 e. The number of benzene rings is 14. The Hall–Kier alpha value is -10.1. The van der Waals surface area contributed by atoms with Gasteiger partial charge >= 0.3 is 0 Å². The van der Waals surface area contributed by atoms with Gasteiger partial charge in [0.05, 0.1) is 0 Å². The van der Waals surface area contributed by atoms with Gasteiger partial charge in [0.1, 0.15) is 0 Å². The second-order valence-corrected chi connectivity index (χ2v) is 29.7. The van der Waals surface area contributed by atoms with Gasteiger partial charge in [-0.1, -0.05) is 267 Å². The molecule has 0 aliphatic heterocycles. The molecule has 450 valence electrons. The van der Waals surface area contributed by atoms with Gasteiger partial charge in [0.2, 0.25) is 0 Å². The molecular formula is C92H72P2. The van der Waals surface area contributed by atoms with Crippen LogP contribution < -0.4 is 31.8 Å². The number of aryl methyl sites for hydroxylation is 2. The van der Waals surface area contributed by atoms with Crippen LogP contribution in [-0.4, -0.2) is 0 Å². The van der Waals surface area contributed by atoms with E-state index >= 15 is 0 Å². The molecule has 0 nitrogen and oxygen atoms in total. The van der Waals surface area contributed by atoms with Crippen LogP contribution in [-0.2, 0) is 25.7 Å². The second-order valence-electron chi connectivity index (χ2n) is 25.3. The molecule has 0 saturated heterocycles. The lowest BCUT2D eigenvalue weighted by molar-refractivity contribution is 0.682. The first-order valence-electron chi connectivity index (χ1n) is 33.5. The average molecular weight is 1240 g/mol. The molecule has 0 heterocycles. The van der Waals surface area contributed by atoms with Crippen LogP contribution in [0.2, 0.25) is 0 Å². The lowest BCUT2D eigenvalue weighted by atomic mass is 9.81. The van der Waals surface area contributed by atoms with Gasteiger partial charge in [-0.3, -0.25) is 0 Å². The molecule has 14 aromatic rings. The smallest absolute Gasteiger partial charge is 0.00559 e. The molecule has 14 aromatic carbocycles. The van der Waals surface area contributed by atoms with E-state index in [1.165, 1.54) is 156 Å². The van der Waals surface area contributed by atoms with Crippen molar-refractivity contribution in [3.63, 3.8) is 0 Å². The standard InChI is InChI=1S/C92H72P2/c1-9-29-65(30-10-1)75-53-76(66-31-11-2-12-32-66)58-83(57-75)93(84-59-77(67-33-13-3-14-34-67)54-78(60-84)68-35-15-4-16-36-68)89-51-49-73-45-25-27-47-87(73)91(89)92-88-48-28-26-46-74(88)50-52-90(92)94(85-61-79(69-37-17-5-18-38-69)55-80(62-85)70-39-19-6-20-40-70)86-63-81(71-41-21-7-22-42-71)56-82(64-86)72-43-23-8-24-44-72/h1-24,29-44,49-64H,25-28,45-48H2. The molecule has 2 aliphatic carbocycles. The van der Waals surface area contributed by atoms with E-state index in [9.17, 15) is 0 Å². The lowest BCUT2D eigenvalue weighted by Gasteiger charge is -2.34. The first-order valence-corrected chi connectivity index (χ1v) is 36.2. The number of hydrogen-bond acceptors (Lipinski definition) is 0. The van der Waals surface area contributed by atoms with Crippen molar-refractivity contribution >= 4 is 47.7 Å². The SMILES string of the molecule is c1ccc(-c2cc(-c3ccccc3)cc(P(c3cc(-c4ccccc4)cc(-c4ccccc4)c3)c3ccc4c(c3-c3c(P(c5cc(-c6ccccc6)cc(-c6ccccc6)c5)c5cc(-c6ccccc6)cc(-c6ccccc6)c5)ccc5c3CCCC5)CCCC4)c2)cc1. The molecule has 0 spiro atoms. The number of hydrogen-bond donors (Lipinski definition) is 0. The third-order valence-corrected chi connectivity index (χ3v) is 24.1. The van der Waals surface area contributed by atoms with Crippen molar-refractivity contribution in [2.75, 3.05) is 0 Å². The Bertz CT molecular complexity index is 4170. The molecule has 0 aromatic heterocycles. The van der Waals surface area contributed by atoms with Gasteiger partial charge in [0.25, 0.3) is 0 Å². The topological polar surface area (TPSA) is 0 Å². The van der Waals surface area contributed by atoms with E-state index in [4.69, 9.17) is 0 Å². The molecule has 16 rings (SSSR count). The molecule has 0 radical (unpaired) electrons. The predicted molar refractivity (Wildman–Crippen MR) is 406 cm³/mol. The summed E-state index contributed by atoms with van der Waals surface area (Å²) < 4.78 is 0. The summed E-state index contributed by atoms with van der Waals surface area (Å²) in [5.41, 5.74) is 28.6. The monoisotopic (exact) mass is 1240 g/mol. The van der Waals surface area contributed by atoms with Gasteiger partial charge in [-0.2, -0.15) is 0 Å². The highest BCUT2D eigenvalue weighted by molar-refractivity contribution is 7.81. The average Bonchev–Trinajstić information content (AvgIpc) is 0.736. The summed E-state index contributed by atoms with van der Waals surface area (Å²) in [6, 6.07) is 130. The number of fused-ring (bicyclic) bond motifs is 2. The molecule has 0 amide bonds. The summed E-state index contributed by atoms with van der Waals surface area (Å²) in [5.74, 6) is 0. The Balaban J connectivity index is 1.05. The molecule has 0 N–H and O–H groups in total. The predicted octanol–water partition coefficient (Wildman–Crippen LogP) is 22.0. The second kappa shape index (κ2) is 26.9. The summed E-state index contributed by atoms with van der Waals surface area (Å²) in [4.78, 5) is 0. The molecule has 0 unspecified atom stereocenters. The molecule has 2 aliphatic rings. The molecule has 0 saturated carbocycles. The van der Waals surface area contributed by atoms with Crippen molar-refractivity contribution < 1.29 is 0 Å². The number of rotatable bonds is 15. The van der Waals surface area contributed by atoms with Crippen molar-refractivity contribution in [2.24, 2.45) is 0 Å². The van der Waals surface area contributed by atoms with Crippen LogP contribution in [0, 0.1) is 0 Å². The summed E-state index contributed by atoms with van der Waals surface area (Å²) in [7, 11) is -2.64. The fraction of sp³-hybridized carbons (Fsp3) is 0.0870. The van der Waals surface area contributed by atoms with E-state index in [1.807, 2.05) is 0 Å². The van der Waals surface area contributed by atoms with Gasteiger partial charge < -0.3 is 0 Å². The summed E-state index contributed by atoms with van der Waals surface area (Å²) in [6.07, 6.45) is 8.90. The molecule has 2 heteroatoms. The highest BCUT2D eigenvalue weighted by Crippen LogP contribution is 2.50. The van der Waals surface area contributed by atoms with Crippen LogP contribution in [0.4, 0.5) is 0 Å². The highest BCUT2D eigenvalue weighted by atomic mass is 31.1. The third kappa shape index (κ3) is 12.2. The van der Waals surface area contributed by atoms with E-state index in [-0.39, 0.29) is 0 Å². The Labute approximate surface area is 557 Å². The minimum absolute atomic E-state index is 1.03. The highest BCUT2D eigenvalue weighted by Gasteiger charge is 2.34. The van der Waals surface area contributed by atoms with E-state index in [0.29, 0.717) is 0 Å². The summed E-state index contributed by atoms with van der Waals surface area (Å²) >= 11 is 0. The fourth-order valence-corrected chi connectivity index (χ4v) is 20.0. The van der Waals surface area contributed by atoms with Crippen LogP contribution in [0.3, 0.4) is 0 Å². The van der Waals surface area contributed by atoms with E-state index < -0.39 is 15.8 Å². The van der Waals surface area contributed by atoms with Crippen molar-refractivity contribution in [1.29, 1.82) is 0 Å². The van der Waals surface area contributed by atoms with E-state index in [2.05, 4.69) is 340 Å². The maximum absolute atomic E-state index is 2.64. The van der Waals surface area contributed by atoms with Crippen molar-refractivity contribution in [1.82, 2.24) is 0 Å². The van der Waals surface area contributed by atoms with Gasteiger partial charge in [-0.25, -0.2) is 0 Å². The zero-order chi connectivity index (χ0) is 62.6. The van der Waals surface area contributed by atoms with Crippen LogP contribution in [0.15, 0.2) is 340 Å². The summed E-state index contributed by atoms with van der Waals surface area (Å²) in [6.45, 7) is 0. The molecular weight excluding hydrogens is 1170 g/mol. The fourth-order valence-electron chi connectivity index (χ4n) is 14.8. The third-order valence-electron chi connectivity index (χ3n) is 19.3.